The molecule has 3 aromatic rings. The molecule has 0 saturated heterocycles. The zero-order chi connectivity index (χ0) is 17.4. The van der Waals surface area contributed by atoms with Gasteiger partial charge in [-0.05, 0) is 25.3 Å². The van der Waals surface area contributed by atoms with Crippen molar-refractivity contribution in [1.82, 2.24) is 19.9 Å². The Morgan fingerprint density at radius 1 is 1.28 bits per heavy atom. The molecule has 126 valence electrons. The fourth-order valence-electron chi connectivity index (χ4n) is 3.26. The molecule has 0 radical (unpaired) electrons. The van der Waals surface area contributed by atoms with Crippen molar-refractivity contribution in [2.24, 2.45) is 0 Å². The second-order valence-electron chi connectivity index (χ2n) is 6.36. The Labute approximate surface area is 144 Å². The molecule has 1 amide bonds. The van der Waals surface area contributed by atoms with Crippen LogP contribution in [0.3, 0.4) is 0 Å². The largest absolute Gasteiger partial charge is 0.348 e. The van der Waals surface area contributed by atoms with Crippen molar-refractivity contribution in [3.8, 4) is 0 Å². The van der Waals surface area contributed by atoms with Gasteiger partial charge in [-0.15, -0.1) is 0 Å². The Morgan fingerprint density at radius 2 is 2.16 bits per heavy atom. The summed E-state index contributed by atoms with van der Waals surface area (Å²) < 4.78 is 1.63. The molecule has 1 N–H and O–H groups in total. The molecular weight excluding hydrogens is 316 g/mol. The van der Waals surface area contributed by atoms with Crippen LogP contribution in [-0.4, -0.2) is 26.3 Å². The molecule has 2 aromatic heterocycles. The van der Waals surface area contributed by atoms with Crippen molar-refractivity contribution >= 4 is 17.3 Å². The molecule has 0 unspecified atom stereocenters. The number of benzene rings is 1. The van der Waals surface area contributed by atoms with Gasteiger partial charge in [-0.3, -0.25) is 9.59 Å². The second kappa shape index (κ2) is 6.12. The van der Waals surface area contributed by atoms with Crippen LogP contribution in [0, 0.1) is 6.92 Å². The summed E-state index contributed by atoms with van der Waals surface area (Å²) in [6.45, 7) is 2.46. The van der Waals surface area contributed by atoms with E-state index >= 15 is 0 Å². The van der Waals surface area contributed by atoms with E-state index in [1.807, 2.05) is 31.2 Å². The first-order chi connectivity index (χ1) is 12.1. The number of carbonyl (C=O) groups is 2. The first kappa shape index (κ1) is 15.5. The molecule has 0 bridgehead atoms. The summed E-state index contributed by atoms with van der Waals surface area (Å²) in [5.41, 5.74) is 4.58. The van der Waals surface area contributed by atoms with Gasteiger partial charge >= 0.3 is 0 Å². The number of nitrogens with zero attached hydrogens (tertiary/aromatic N) is 3. The normalized spacial score (nSPS) is 13.7. The molecule has 0 saturated carbocycles. The summed E-state index contributed by atoms with van der Waals surface area (Å²) in [5.74, 6) is -0.123. The average molecular weight is 334 g/mol. The monoisotopic (exact) mass is 334 g/mol. The van der Waals surface area contributed by atoms with Gasteiger partial charge in [0, 0.05) is 19.2 Å². The van der Waals surface area contributed by atoms with E-state index in [-0.39, 0.29) is 11.7 Å². The molecule has 0 fully saturated rings. The summed E-state index contributed by atoms with van der Waals surface area (Å²) in [6.07, 6.45) is 5.22. The third kappa shape index (κ3) is 2.80. The fourth-order valence-corrected chi connectivity index (χ4v) is 3.26. The highest BCUT2D eigenvalue weighted by Gasteiger charge is 2.23. The third-order valence-corrected chi connectivity index (χ3v) is 4.52. The van der Waals surface area contributed by atoms with Crippen LogP contribution in [0.5, 0.6) is 0 Å². The lowest BCUT2D eigenvalue weighted by Gasteiger charge is -2.14. The van der Waals surface area contributed by atoms with Crippen molar-refractivity contribution in [3.05, 3.63) is 64.6 Å². The first-order valence-corrected chi connectivity index (χ1v) is 8.36. The predicted molar refractivity (Wildman–Crippen MR) is 92.6 cm³/mol. The van der Waals surface area contributed by atoms with Gasteiger partial charge in [-0.1, -0.05) is 29.8 Å². The standard InChI is InChI=1S/C19H18N4O2/c1-12-4-2-5-13(8-12)9-21-19(25)15-11-22-23-16-6-3-7-17(24)14(16)10-20-18(15)23/h2,4-5,8,10-11H,3,6-7,9H2,1H3,(H,21,25). The molecule has 1 aromatic carbocycles. The highest BCUT2D eigenvalue weighted by Crippen LogP contribution is 2.22. The van der Waals surface area contributed by atoms with Crippen molar-refractivity contribution in [3.63, 3.8) is 0 Å². The van der Waals surface area contributed by atoms with E-state index in [2.05, 4.69) is 15.4 Å². The number of Topliss-reactive ketones (excluding diaryl/α,β-unsaturated/α-hetero) is 1. The zero-order valence-electron chi connectivity index (χ0n) is 14.0. The van der Waals surface area contributed by atoms with Gasteiger partial charge in [0.25, 0.3) is 5.91 Å². The van der Waals surface area contributed by atoms with Crippen LogP contribution in [0.2, 0.25) is 0 Å². The van der Waals surface area contributed by atoms with Crippen molar-refractivity contribution in [1.29, 1.82) is 0 Å². The molecular formula is C19H18N4O2. The number of aromatic nitrogens is 3. The molecule has 0 atom stereocenters. The SMILES string of the molecule is Cc1cccc(CNC(=O)c2cnn3c4c(cnc23)C(=O)CCC4)c1. The van der Waals surface area contributed by atoms with Crippen molar-refractivity contribution < 1.29 is 9.59 Å². The number of ketones is 1. The minimum absolute atomic E-state index is 0.0941. The predicted octanol–water partition coefficient (Wildman–Crippen LogP) is 2.49. The molecule has 25 heavy (non-hydrogen) atoms. The fraction of sp³-hybridized carbons (Fsp3) is 0.263. The number of rotatable bonds is 3. The molecule has 6 nitrogen and oxygen atoms in total. The number of fused-ring (bicyclic) bond motifs is 3. The van der Waals surface area contributed by atoms with E-state index in [1.165, 1.54) is 6.20 Å². The van der Waals surface area contributed by atoms with E-state index in [0.29, 0.717) is 29.7 Å². The maximum Gasteiger partial charge on any atom is 0.257 e. The zero-order valence-corrected chi connectivity index (χ0v) is 14.0. The van der Waals surface area contributed by atoms with Gasteiger partial charge in [-0.2, -0.15) is 5.10 Å². The summed E-state index contributed by atoms with van der Waals surface area (Å²) in [7, 11) is 0. The second-order valence-corrected chi connectivity index (χ2v) is 6.36. The molecule has 6 heteroatoms. The van der Waals surface area contributed by atoms with Gasteiger partial charge in [0.1, 0.15) is 5.56 Å². The van der Waals surface area contributed by atoms with E-state index in [9.17, 15) is 9.59 Å². The van der Waals surface area contributed by atoms with E-state index in [4.69, 9.17) is 0 Å². The molecule has 2 heterocycles. The Balaban J connectivity index is 1.61. The summed E-state index contributed by atoms with van der Waals surface area (Å²) in [5, 5.41) is 7.21. The van der Waals surface area contributed by atoms with Gasteiger partial charge in [0.2, 0.25) is 0 Å². The lowest BCUT2D eigenvalue weighted by atomic mass is 9.96. The Kier molecular flexibility index (Phi) is 3.80. The molecule has 1 aliphatic rings. The molecule has 1 aliphatic carbocycles. The highest BCUT2D eigenvalue weighted by atomic mass is 16.1. The molecule has 0 aliphatic heterocycles. The topological polar surface area (TPSA) is 76.4 Å². The van der Waals surface area contributed by atoms with Crippen LogP contribution in [0.25, 0.3) is 5.65 Å². The van der Waals surface area contributed by atoms with E-state index in [0.717, 1.165) is 29.7 Å². The number of hydrogen-bond acceptors (Lipinski definition) is 4. The van der Waals surface area contributed by atoms with Crippen LogP contribution >= 0.6 is 0 Å². The van der Waals surface area contributed by atoms with Crippen molar-refractivity contribution in [2.75, 3.05) is 0 Å². The summed E-state index contributed by atoms with van der Waals surface area (Å²) in [4.78, 5) is 28.8. The van der Waals surface area contributed by atoms with Crippen LogP contribution in [0.15, 0.2) is 36.7 Å². The minimum atomic E-state index is -0.217. The number of aryl methyl sites for hydroxylation is 2. The number of amides is 1. The Bertz CT molecular complexity index is 990. The quantitative estimate of drug-likeness (QED) is 0.798. The first-order valence-electron chi connectivity index (χ1n) is 8.36. The van der Waals surface area contributed by atoms with Gasteiger partial charge in [-0.25, -0.2) is 9.50 Å². The van der Waals surface area contributed by atoms with Gasteiger partial charge < -0.3 is 5.32 Å². The van der Waals surface area contributed by atoms with Crippen molar-refractivity contribution in [2.45, 2.75) is 32.7 Å². The van der Waals surface area contributed by atoms with Gasteiger partial charge in [0.15, 0.2) is 11.4 Å². The average Bonchev–Trinajstić information content (AvgIpc) is 3.05. The third-order valence-electron chi connectivity index (χ3n) is 4.52. The van der Waals surface area contributed by atoms with Crippen LogP contribution in [0.4, 0.5) is 0 Å². The summed E-state index contributed by atoms with van der Waals surface area (Å²) >= 11 is 0. The molecule has 0 spiro atoms. The number of hydrogen-bond donors (Lipinski definition) is 1. The molecule has 4 rings (SSSR count). The lowest BCUT2D eigenvalue weighted by molar-refractivity contribution is 0.0950. The smallest absolute Gasteiger partial charge is 0.257 e. The maximum absolute atomic E-state index is 12.5. The van der Waals surface area contributed by atoms with E-state index in [1.54, 1.807) is 10.7 Å². The maximum atomic E-state index is 12.5. The lowest BCUT2D eigenvalue weighted by Crippen LogP contribution is -2.23. The highest BCUT2D eigenvalue weighted by molar-refractivity contribution is 6.01. The van der Waals surface area contributed by atoms with Crippen LogP contribution < -0.4 is 5.32 Å². The van der Waals surface area contributed by atoms with Gasteiger partial charge in [0.05, 0.1) is 17.5 Å². The van der Waals surface area contributed by atoms with E-state index < -0.39 is 0 Å². The van der Waals surface area contributed by atoms with Crippen LogP contribution in [-0.2, 0) is 13.0 Å². The minimum Gasteiger partial charge on any atom is -0.348 e. The Hall–Kier alpha value is -3.02. The van der Waals surface area contributed by atoms with Crippen LogP contribution in [0.1, 0.15) is 50.4 Å². The summed E-state index contributed by atoms with van der Waals surface area (Å²) in [6, 6.07) is 8.00. The number of nitrogens with one attached hydrogen (secondary N) is 1. The Morgan fingerprint density at radius 3 is 3.00 bits per heavy atom. The number of carbonyl (C=O) groups excluding carboxylic acids is 2.